The highest BCUT2D eigenvalue weighted by Crippen LogP contribution is 2.12. The molecule has 1 aromatic carbocycles. The van der Waals surface area contributed by atoms with E-state index in [9.17, 15) is 12.8 Å². The second kappa shape index (κ2) is 4.52. The van der Waals surface area contributed by atoms with E-state index in [-0.39, 0.29) is 23.7 Å². The van der Waals surface area contributed by atoms with Gasteiger partial charge in [-0.05, 0) is 30.7 Å². The number of benzene rings is 1. The molecular weight excluding hydrogens is 207 g/mol. The van der Waals surface area contributed by atoms with Crippen molar-refractivity contribution in [1.29, 1.82) is 0 Å². The molecule has 0 atom stereocenters. The predicted molar refractivity (Wildman–Crippen MR) is 50.2 cm³/mol. The van der Waals surface area contributed by atoms with Crippen LogP contribution in [0.4, 0.5) is 4.39 Å². The van der Waals surface area contributed by atoms with Gasteiger partial charge in [-0.25, -0.2) is 12.8 Å². The van der Waals surface area contributed by atoms with Gasteiger partial charge in [0.05, 0.1) is 10.6 Å². The molecule has 0 aromatic heterocycles. The molecule has 0 spiro atoms. The third-order valence-electron chi connectivity index (χ3n) is 1.74. The number of halogens is 1. The molecule has 0 aliphatic rings. The van der Waals surface area contributed by atoms with Crippen molar-refractivity contribution in [2.24, 2.45) is 0 Å². The molecule has 0 heterocycles. The van der Waals surface area contributed by atoms with Gasteiger partial charge in [-0.1, -0.05) is 0 Å². The SMILES string of the molecule is O=S(=O)(CCCO)c1ccc(F)cc1. The van der Waals surface area contributed by atoms with E-state index in [0.717, 1.165) is 12.1 Å². The van der Waals surface area contributed by atoms with Crippen molar-refractivity contribution in [1.82, 2.24) is 0 Å². The second-order valence-electron chi connectivity index (χ2n) is 2.85. The molecule has 1 aromatic rings. The molecule has 3 nitrogen and oxygen atoms in total. The summed E-state index contributed by atoms with van der Waals surface area (Å²) in [7, 11) is -3.37. The Hall–Kier alpha value is -0.940. The monoisotopic (exact) mass is 218 g/mol. The summed E-state index contributed by atoms with van der Waals surface area (Å²) in [5.74, 6) is -0.583. The van der Waals surface area contributed by atoms with Gasteiger partial charge in [0.15, 0.2) is 9.84 Å². The van der Waals surface area contributed by atoms with Gasteiger partial charge in [-0.15, -0.1) is 0 Å². The zero-order valence-corrected chi connectivity index (χ0v) is 8.30. The topological polar surface area (TPSA) is 54.4 Å². The van der Waals surface area contributed by atoms with Gasteiger partial charge in [-0.2, -0.15) is 0 Å². The molecule has 1 rings (SSSR count). The Kier molecular flexibility index (Phi) is 3.60. The number of aliphatic hydroxyl groups is 1. The lowest BCUT2D eigenvalue weighted by molar-refractivity contribution is 0.295. The van der Waals surface area contributed by atoms with Crippen molar-refractivity contribution in [2.75, 3.05) is 12.4 Å². The van der Waals surface area contributed by atoms with E-state index in [1.165, 1.54) is 12.1 Å². The summed E-state index contributed by atoms with van der Waals surface area (Å²) in [5, 5.41) is 8.50. The normalized spacial score (nSPS) is 11.6. The second-order valence-corrected chi connectivity index (χ2v) is 4.96. The minimum absolute atomic E-state index is 0.0901. The molecule has 14 heavy (non-hydrogen) atoms. The first kappa shape index (κ1) is 11.1. The lowest BCUT2D eigenvalue weighted by Gasteiger charge is -2.02. The van der Waals surface area contributed by atoms with E-state index >= 15 is 0 Å². The Balaban J connectivity index is 2.87. The van der Waals surface area contributed by atoms with Crippen LogP contribution in [-0.2, 0) is 9.84 Å². The number of sulfone groups is 1. The zero-order chi connectivity index (χ0) is 10.6. The molecule has 0 unspecified atom stereocenters. The quantitative estimate of drug-likeness (QED) is 0.766. The fourth-order valence-electron chi connectivity index (χ4n) is 1.01. The smallest absolute Gasteiger partial charge is 0.178 e. The van der Waals surface area contributed by atoms with Crippen LogP contribution in [-0.4, -0.2) is 25.9 Å². The van der Waals surface area contributed by atoms with Crippen LogP contribution in [0.1, 0.15) is 6.42 Å². The van der Waals surface area contributed by atoms with Crippen LogP contribution in [0.25, 0.3) is 0 Å². The Labute approximate surface area is 82.1 Å². The molecular formula is C9H11FO3S. The average Bonchev–Trinajstić information content (AvgIpc) is 2.16. The molecule has 0 saturated carbocycles. The third-order valence-corrected chi connectivity index (χ3v) is 3.56. The molecule has 0 radical (unpaired) electrons. The molecule has 1 N–H and O–H groups in total. The Bertz CT molecular complexity index is 383. The van der Waals surface area contributed by atoms with Crippen molar-refractivity contribution in [3.8, 4) is 0 Å². The van der Waals surface area contributed by atoms with Crippen LogP contribution in [0.2, 0.25) is 0 Å². The fourth-order valence-corrected chi connectivity index (χ4v) is 2.31. The summed E-state index contributed by atoms with van der Waals surface area (Å²) in [5.41, 5.74) is 0. The predicted octanol–water partition coefficient (Wildman–Crippen LogP) is 0.982. The van der Waals surface area contributed by atoms with Crippen LogP contribution in [0.5, 0.6) is 0 Å². The van der Waals surface area contributed by atoms with Crippen LogP contribution in [0, 0.1) is 5.82 Å². The molecule has 78 valence electrons. The Morgan fingerprint density at radius 3 is 2.29 bits per heavy atom. The average molecular weight is 218 g/mol. The number of rotatable bonds is 4. The van der Waals surface area contributed by atoms with Crippen LogP contribution in [0.15, 0.2) is 29.2 Å². The highest BCUT2D eigenvalue weighted by atomic mass is 32.2. The third kappa shape index (κ3) is 2.78. The summed E-state index contributed by atoms with van der Waals surface area (Å²) < 4.78 is 35.4. The maximum Gasteiger partial charge on any atom is 0.178 e. The molecule has 5 heteroatoms. The highest BCUT2D eigenvalue weighted by Gasteiger charge is 2.13. The minimum atomic E-state index is -3.37. The van der Waals surface area contributed by atoms with Crippen molar-refractivity contribution in [3.05, 3.63) is 30.1 Å². The summed E-state index contributed by atoms with van der Waals surface area (Å²) in [6.07, 6.45) is 0.194. The Morgan fingerprint density at radius 2 is 1.79 bits per heavy atom. The van der Waals surface area contributed by atoms with Crippen molar-refractivity contribution < 1.29 is 17.9 Å². The van der Waals surface area contributed by atoms with E-state index in [4.69, 9.17) is 5.11 Å². The van der Waals surface area contributed by atoms with Gasteiger partial charge in [0.25, 0.3) is 0 Å². The summed E-state index contributed by atoms with van der Waals surface area (Å²) in [6, 6.07) is 4.65. The molecule has 0 aliphatic heterocycles. The summed E-state index contributed by atoms with van der Waals surface area (Å²) in [4.78, 5) is 0.0901. The standard InChI is InChI=1S/C9H11FO3S/c10-8-2-4-9(5-3-8)14(12,13)7-1-6-11/h2-5,11H,1,6-7H2. The maximum atomic E-state index is 12.5. The highest BCUT2D eigenvalue weighted by molar-refractivity contribution is 7.91. The van der Waals surface area contributed by atoms with E-state index in [0.29, 0.717) is 0 Å². The van der Waals surface area contributed by atoms with Gasteiger partial charge in [0.1, 0.15) is 5.82 Å². The first-order valence-electron chi connectivity index (χ1n) is 4.15. The molecule has 0 saturated heterocycles. The van der Waals surface area contributed by atoms with Gasteiger partial charge >= 0.3 is 0 Å². The molecule has 0 bridgehead atoms. The van der Waals surface area contributed by atoms with Crippen molar-refractivity contribution in [3.63, 3.8) is 0 Å². The number of hydrogen-bond donors (Lipinski definition) is 1. The lowest BCUT2D eigenvalue weighted by Crippen LogP contribution is -2.08. The first-order chi connectivity index (χ1) is 6.56. The van der Waals surface area contributed by atoms with Gasteiger partial charge in [0.2, 0.25) is 0 Å². The van der Waals surface area contributed by atoms with Crippen LogP contribution >= 0.6 is 0 Å². The van der Waals surface area contributed by atoms with Gasteiger partial charge in [0, 0.05) is 6.61 Å². The molecule has 0 amide bonds. The minimum Gasteiger partial charge on any atom is -0.396 e. The first-order valence-corrected chi connectivity index (χ1v) is 5.80. The summed E-state index contributed by atoms with van der Waals surface area (Å²) >= 11 is 0. The van der Waals surface area contributed by atoms with Crippen molar-refractivity contribution in [2.45, 2.75) is 11.3 Å². The van der Waals surface area contributed by atoms with Crippen molar-refractivity contribution >= 4 is 9.84 Å². The molecule has 0 fully saturated rings. The van der Waals surface area contributed by atoms with E-state index in [1.54, 1.807) is 0 Å². The van der Waals surface area contributed by atoms with Gasteiger partial charge in [-0.3, -0.25) is 0 Å². The Morgan fingerprint density at radius 1 is 1.21 bits per heavy atom. The van der Waals surface area contributed by atoms with Crippen LogP contribution < -0.4 is 0 Å². The van der Waals surface area contributed by atoms with E-state index in [2.05, 4.69) is 0 Å². The lowest BCUT2D eigenvalue weighted by atomic mass is 10.4. The van der Waals surface area contributed by atoms with E-state index in [1.807, 2.05) is 0 Å². The number of hydrogen-bond acceptors (Lipinski definition) is 3. The fraction of sp³-hybridized carbons (Fsp3) is 0.333. The largest absolute Gasteiger partial charge is 0.396 e. The zero-order valence-electron chi connectivity index (χ0n) is 7.48. The summed E-state index contributed by atoms with van der Waals surface area (Å²) in [6.45, 7) is -0.166. The van der Waals surface area contributed by atoms with Gasteiger partial charge < -0.3 is 5.11 Å². The molecule has 0 aliphatic carbocycles. The maximum absolute atomic E-state index is 12.5. The van der Waals surface area contributed by atoms with E-state index < -0.39 is 15.7 Å². The number of aliphatic hydroxyl groups excluding tert-OH is 1. The van der Waals surface area contributed by atoms with Crippen LogP contribution in [0.3, 0.4) is 0 Å².